The van der Waals surface area contributed by atoms with Gasteiger partial charge in [-0.2, -0.15) is 0 Å². The number of ether oxygens (including phenoxy) is 1. The molecule has 0 saturated heterocycles. The zero-order valence-electron chi connectivity index (χ0n) is 16.2. The highest BCUT2D eigenvalue weighted by Crippen LogP contribution is 2.13. The number of amides is 1. The molecule has 26 heavy (non-hydrogen) atoms. The van der Waals surface area contributed by atoms with Gasteiger partial charge in [-0.3, -0.25) is 4.79 Å². The first-order valence-corrected chi connectivity index (χ1v) is 9.22. The van der Waals surface area contributed by atoms with Crippen LogP contribution in [0.4, 0.5) is 4.39 Å². The third kappa shape index (κ3) is 8.18. The lowest BCUT2D eigenvalue weighted by molar-refractivity contribution is -0.130. The summed E-state index contributed by atoms with van der Waals surface area (Å²) in [5.41, 5.74) is 0. The molecule has 2 N–H and O–H groups in total. The van der Waals surface area contributed by atoms with Gasteiger partial charge < -0.3 is 20.3 Å². The number of hydrogen-bond acceptors (Lipinski definition) is 3. The second kappa shape index (κ2) is 12.1. The maximum atomic E-state index is 13.2. The van der Waals surface area contributed by atoms with E-state index in [9.17, 15) is 9.18 Å². The van der Waals surface area contributed by atoms with Gasteiger partial charge in [0.1, 0.15) is 17.7 Å². The Kier molecular flexibility index (Phi) is 10.1. The van der Waals surface area contributed by atoms with Crippen LogP contribution in [0.1, 0.15) is 34.1 Å². The average molecular weight is 366 g/mol. The quantitative estimate of drug-likeness (QED) is 0.493. The Bertz CT molecular complexity index is 576. The highest BCUT2D eigenvalue weighted by molar-refractivity contribution is 5.81. The Morgan fingerprint density at radius 2 is 2.00 bits per heavy atom. The molecule has 1 unspecified atom stereocenters. The number of carbonyl (C=O) groups excluding carboxylic acids is 1. The Balaban J connectivity index is 2.48. The van der Waals surface area contributed by atoms with Crippen molar-refractivity contribution < 1.29 is 13.9 Å². The largest absolute Gasteiger partial charge is 0.489 e. The lowest BCUT2D eigenvalue weighted by Gasteiger charge is -2.19. The summed E-state index contributed by atoms with van der Waals surface area (Å²) in [4.78, 5) is 18.3. The first-order valence-electron chi connectivity index (χ1n) is 9.22. The summed E-state index contributed by atoms with van der Waals surface area (Å²) in [6.45, 7) is 10.9. The van der Waals surface area contributed by atoms with Crippen molar-refractivity contribution in [2.45, 2.75) is 40.2 Å². The Morgan fingerprint density at radius 3 is 2.62 bits per heavy atom. The number of halogens is 1. The fourth-order valence-corrected chi connectivity index (χ4v) is 2.39. The van der Waals surface area contributed by atoms with Crippen LogP contribution >= 0.6 is 0 Å². The smallest absolute Gasteiger partial charge is 0.224 e. The van der Waals surface area contributed by atoms with E-state index >= 15 is 0 Å². The van der Waals surface area contributed by atoms with Crippen LogP contribution in [0.2, 0.25) is 0 Å². The van der Waals surface area contributed by atoms with Crippen LogP contribution in [0.25, 0.3) is 0 Å². The molecule has 0 radical (unpaired) electrons. The van der Waals surface area contributed by atoms with E-state index in [1.807, 2.05) is 27.7 Å². The molecule has 0 fully saturated rings. The van der Waals surface area contributed by atoms with Gasteiger partial charge >= 0.3 is 0 Å². The van der Waals surface area contributed by atoms with Crippen molar-refractivity contribution in [3.05, 3.63) is 30.1 Å². The van der Waals surface area contributed by atoms with Gasteiger partial charge in [0.05, 0.1) is 6.54 Å². The second-order valence-electron chi connectivity index (χ2n) is 5.85. The fourth-order valence-electron chi connectivity index (χ4n) is 2.39. The van der Waals surface area contributed by atoms with E-state index in [1.165, 1.54) is 12.1 Å². The topological polar surface area (TPSA) is 66.0 Å². The van der Waals surface area contributed by atoms with Crippen molar-refractivity contribution in [2.24, 2.45) is 4.99 Å². The molecule has 1 amide bonds. The molecule has 0 spiro atoms. The summed E-state index contributed by atoms with van der Waals surface area (Å²) in [6.07, 6.45) is 0.214. The van der Waals surface area contributed by atoms with Gasteiger partial charge in [0.25, 0.3) is 0 Å². The minimum absolute atomic E-state index is 0.126. The third-order valence-electron chi connectivity index (χ3n) is 3.73. The van der Waals surface area contributed by atoms with Gasteiger partial charge in [0.2, 0.25) is 5.91 Å². The Labute approximate surface area is 155 Å². The molecule has 0 aliphatic heterocycles. The normalized spacial score (nSPS) is 12.4. The summed E-state index contributed by atoms with van der Waals surface area (Å²) in [7, 11) is 0. The number of benzene rings is 1. The molecular formula is C19H31FN4O2. The Morgan fingerprint density at radius 1 is 1.27 bits per heavy atom. The van der Waals surface area contributed by atoms with Gasteiger partial charge in [-0.05, 0) is 39.8 Å². The third-order valence-corrected chi connectivity index (χ3v) is 3.73. The van der Waals surface area contributed by atoms with Gasteiger partial charge in [-0.1, -0.05) is 6.07 Å². The highest BCUT2D eigenvalue weighted by atomic mass is 19.1. The van der Waals surface area contributed by atoms with Crippen LogP contribution in [0, 0.1) is 5.82 Å². The van der Waals surface area contributed by atoms with E-state index in [0.717, 1.165) is 19.6 Å². The molecule has 0 heterocycles. The molecule has 0 aliphatic carbocycles. The fraction of sp³-hybridized carbons (Fsp3) is 0.579. The molecule has 146 valence electrons. The predicted octanol–water partition coefficient (Wildman–Crippen LogP) is 2.41. The maximum Gasteiger partial charge on any atom is 0.224 e. The van der Waals surface area contributed by atoms with E-state index in [1.54, 1.807) is 17.0 Å². The first kappa shape index (κ1) is 21.7. The minimum atomic E-state index is -0.328. The van der Waals surface area contributed by atoms with Crippen LogP contribution < -0.4 is 15.4 Å². The minimum Gasteiger partial charge on any atom is -0.489 e. The lowest BCUT2D eigenvalue weighted by atomic mass is 10.3. The summed E-state index contributed by atoms with van der Waals surface area (Å²) in [5.74, 6) is 0.914. The van der Waals surface area contributed by atoms with E-state index < -0.39 is 0 Å². The van der Waals surface area contributed by atoms with Crippen molar-refractivity contribution >= 4 is 11.9 Å². The molecule has 0 saturated carbocycles. The molecular weight excluding hydrogens is 335 g/mol. The predicted molar refractivity (Wildman–Crippen MR) is 103 cm³/mol. The SMILES string of the molecule is CCNC(=NCC(C)Oc1cccc(F)c1)NCCC(=O)N(CC)CC. The molecule has 1 rings (SSSR count). The summed E-state index contributed by atoms with van der Waals surface area (Å²) >= 11 is 0. The van der Waals surface area contributed by atoms with E-state index in [-0.39, 0.29) is 17.8 Å². The number of aliphatic imine (C=N–C) groups is 1. The van der Waals surface area contributed by atoms with E-state index in [4.69, 9.17) is 4.74 Å². The number of nitrogens with one attached hydrogen (secondary N) is 2. The van der Waals surface area contributed by atoms with Crippen LogP contribution in [0.3, 0.4) is 0 Å². The highest BCUT2D eigenvalue weighted by Gasteiger charge is 2.10. The molecule has 1 aromatic carbocycles. The number of rotatable bonds is 10. The van der Waals surface area contributed by atoms with E-state index in [2.05, 4.69) is 15.6 Å². The summed E-state index contributed by atoms with van der Waals surface area (Å²) < 4.78 is 18.8. The van der Waals surface area contributed by atoms with Crippen molar-refractivity contribution in [2.75, 3.05) is 32.7 Å². The molecule has 6 nitrogen and oxygen atoms in total. The van der Waals surface area contributed by atoms with Crippen LogP contribution in [0.15, 0.2) is 29.3 Å². The zero-order chi connectivity index (χ0) is 19.4. The van der Waals surface area contributed by atoms with Crippen molar-refractivity contribution in [3.63, 3.8) is 0 Å². The number of hydrogen-bond donors (Lipinski definition) is 2. The number of nitrogens with zero attached hydrogens (tertiary/aromatic N) is 2. The molecule has 0 aromatic heterocycles. The summed E-state index contributed by atoms with van der Waals surface area (Å²) in [6, 6.07) is 6.05. The van der Waals surface area contributed by atoms with Crippen molar-refractivity contribution in [1.82, 2.24) is 15.5 Å². The number of guanidine groups is 1. The number of carbonyl (C=O) groups is 1. The second-order valence-corrected chi connectivity index (χ2v) is 5.85. The standard InChI is InChI=1S/C19H31FN4O2/c1-5-21-19(22-12-11-18(25)24(6-2)7-3)23-14-15(4)26-17-10-8-9-16(20)13-17/h8-10,13,15H,5-7,11-12,14H2,1-4H3,(H2,21,22,23). The first-order chi connectivity index (χ1) is 12.5. The molecule has 0 aliphatic rings. The lowest BCUT2D eigenvalue weighted by Crippen LogP contribution is -2.40. The van der Waals surface area contributed by atoms with Crippen LogP contribution in [0.5, 0.6) is 5.75 Å². The van der Waals surface area contributed by atoms with Gasteiger partial charge in [0, 0.05) is 38.7 Å². The molecule has 1 atom stereocenters. The van der Waals surface area contributed by atoms with Crippen molar-refractivity contribution in [3.8, 4) is 5.75 Å². The Hall–Kier alpha value is -2.31. The van der Waals surface area contributed by atoms with Crippen LogP contribution in [-0.4, -0.2) is 55.6 Å². The molecule has 1 aromatic rings. The van der Waals surface area contributed by atoms with Crippen molar-refractivity contribution in [1.29, 1.82) is 0 Å². The zero-order valence-corrected chi connectivity index (χ0v) is 16.2. The van der Waals surface area contributed by atoms with Gasteiger partial charge in [0.15, 0.2) is 5.96 Å². The maximum absolute atomic E-state index is 13.2. The average Bonchev–Trinajstić information content (AvgIpc) is 2.60. The molecule has 0 bridgehead atoms. The van der Waals surface area contributed by atoms with E-state index in [0.29, 0.717) is 31.2 Å². The monoisotopic (exact) mass is 366 g/mol. The van der Waals surface area contributed by atoms with Gasteiger partial charge in [-0.15, -0.1) is 0 Å². The van der Waals surface area contributed by atoms with Crippen LogP contribution in [-0.2, 0) is 4.79 Å². The summed E-state index contributed by atoms with van der Waals surface area (Å²) in [5, 5.41) is 6.30. The van der Waals surface area contributed by atoms with Gasteiger partial charge in [-0.25, -0.2) is 9.38 Å². The molecule has 7 heteroatoms.